The van der Waals surface area contributed by atoms with Gasteiger partial charge in [0.25, 0.3) is 5.78 Å². The highest BCUT2D eigenvalue weighted by molar-refractivity contribution is 6.40. The van der Waals surface area contributed by atoms with Gasteiger partial charge in [-0.05, 0) is 73.2 Å². The van der Waals surface area contributed by atoms with E-state index in [1.807, 2.05) is 6.07 Å². The van der Waals surface area contributed by atoms with E-state index in [1.54, 1.807) is 24.3 Å². The molecular weight excluding hydrogens is 332 g/mol. The molecule has 1 aliphatic carbocycles. The highest BCUT2D eigenvalue weighted by atomic mass is 16.5. The summed E-state index contributed by atoms with van der Waals surface area (Å²) >= 11 is 0. The molecule has 2 aromatic carbocycles. The molecule has 0 N–H and O–H groups in total. The van der Waals surface area contributed by atoms with Crippen LogP contribution in [0, 0.1) is 0 Å². The molecule has 1 aliphatic rings. The second-order valence-electron chi connectivity index (χ2n) is 6.18. The van der Waals surface area contributed by atoms with E-state index < -0.39 is 11.8 Å². The number of carbonyl (C=O) groups excluding carboxylic acids is 2. The van der Waals surface area contributed by atoms with Crippen molar-refractivity contribution in [3.05, 3.63) is 59.2 Å². The summed E-state index contributed by atoms with van der Waals surface area (Å²) < 4.78 is 15.8. The Morgan fingerprint density at radius 3 is 2.15 bits per heavy atom. The van der Waals surface area contributed by atoms with Gasteiger partial charge < -0.3 is 14.2 Å². The first-order valence-electron chi connectivity index (χ1n) is 8.77. The smallest absolute Gasteiger partial charge is 0.379 e. The first-order chi connectivity index (χ1) is 12.7. The summed E-state index contributed by atoms with van der Waals surface area (Å²) in [5.74, 6) is -0.0689. The Hall–Kier alpha value is -2.82. The minimum atomic E-state index is -0.878. The van der Waals surface area contributed by atoms with Crippen molar-refractivity contribution in [1.82, 2.24) is 0 Å². The highest BCUT2D eigenvalue weighted by Gasteiger charge is 2.16. The zero-order valence-electron chi connectivity index (χ0n) is 14.8. The molecule has 5 heteroatoms. The maximum Gasteiger partial charge on any atom is 0.379 e. The number of benzene rings is 2. The minimum Gasteiger partial charge on any atom is -0.490 e. The van der Waals surface area contributed by atoms with Crippen LogP contribution >= 0.6 is 0 Å². The Labute approximate surface area is 152 Å². The van der Waals surface area contributed by atoms with Crippen LogP contribution in [0.25, 0.3) is 0 Å². The number of aryl methyl sites for hydroxylation is 2. The van der Waals surface area contributed by atoms with Crippen LogP contribution in [-0.2, 0) is 22.4 Å². The van der Waals surface area contributed by atoms with Crippen molar-refractivity contribution < 1.29 is 23.8 Å². The number of Topliss-reactive ketones (excluding diaryl/α,β-unsaturated/α-hetero) is 1. The summed E-state index contributed by atoms with van der Waals surface area (Å²) in [6.07, 6.45) is 4.80. The van der Waals surface area contributed by atoms with Crippen LogP contribution in [0.15, 0.2) is 42.5 Å². The van der Waals surface area contributed by atoms with E-state index >= 15 is 0 Å². The largest absolute Gasteiger partial charge is 0.490 e. The monoisotopic (exact) mass is 354 g/mol. The molecule has 3 rings (SSSR count). The maximum absolute atomic E-state index is 11.7. The molecule has 0 fully saturated rings. The lowest BCUT2D eigenvalue weighted by Crippen LogP contribution is -2.15. The fraction of sp³-hybridized carbons (Fsp3) is 0.333. The highest BCUT2D eigenvalue weighted by Crippen LogP contribution is 2.25. The van der Waals surface area contributed by atoms with Gasteiger partial charge in [0.1, 0.15) is 24.7 Å². The standard InChI is InChI=1S/C21H22O5/c1-24-21(23)20(22)16-7-9-18(10-8-16)25-12-13-26-19-11-6-15-4-2-3-5-17(15)14-19/h6-11,14H,2-5,12-13H2,1H3. The van der Waals surface area contributed by atoms with Gasteiger partial charge in [-0.25, -0.2) is 4.79 Å². The van der Waals surface area contributed by atoms with Gasteiger partial charge in [0.2, 0.25) is 0 Å². The Balaban J connectivity index is 1.46. The summed E-state index contributed by atoms with van der Waals surface area (Å²) in [5.41, 5.74) is 3.09. The third-order valence-electron chi connectivity index (χ3n) is 4.43. The predicted octanol–water partition coefficient (Wildman–Crippen LogP) is 3.38. The zero-order chi connectivity index (χ0) is 18.4. The van der Waals surface area contributed by atoms with Crippen molar-refractivity contribution in [3.8, 4) is 11.5 Å². The molecule has 5 nitrogen and oxygen atoms in total. The first kappa shape index (κ1) is 18.0. The lowest BCUT2D eigenvalue weighted by Gasteiger charge is -2.17. The fourth-order valence-electron chi connectivity index (χ4n) is 3.03. The summed E-state index contributed by atoms with van der Waals surface area (Å²) in [7, 11) is 1.18. The van der Waals surface area contributed by atoms with Gasteiger partial charge >= 0.3 is 5.97 Å². The molecule has 0 radical (unpaired) electrons. The van der Waals surface area contributed by atoms with Crippen molar-refractivity contribution in [1.29, 1.82) is 0 Å². The maximum atomic E-state index is 11.7. The average molecular weight is 354 g/mol. The number of ketones is 1. The number of hydrogen-bond donors (Lipinski definition) is 0. The van der Waals surface area contributed by atoms with E-state index in [0.717, 1.165) is 18.6 Å². The number of ether oxygens (including phenoxy) is 3. The van der Waals surface area contributed by atoms with Crippen LogP contribution in [0.2, 0.25) is 0 Å². The van der Waals surface area contributed by atoms with Gasteiger partial charge in [0.05, 0.1) is 7.11 Å². The van der Waals surface area contributed by atoms with Crippen LogP contribution in [0.4, 0.5) is 0 Å². The molecule has 0 bridgehead atoms. The summed E-state index contributed by atoms with van der Waals surface area (Å²) in [4.78, 5) is 22.9. The average Bonchev–Trinajstić information content (AvgIpc) is 2.70. The Morgan fingerprint density at radius 1 is 0.846 bits per heavy atom. The van der Waals surface area contributed by atoms with Crippen molar-refractivity contribution in [2.75, 3.05) is 20.3 Å². The van der Waals surface area contributed by atoms with Crippen molar-refractivity contribution in [2.24, 2.45) is 0 Å². The number of esters is 1. The Bertz CT molecular complexity index is 779. The first-order valence-corrected chi connectivity index (χ1v) is 8.77. The van der Waals surface area contributed by atoms with Crippen molar-refractivity contribution in [2.45, 2.75) is 25.7 Å². The number of hydrogen-bond acceptors (Lipinski definition) is 5. The lowest BCUT2D eigenvalue weighted by atomic mass is 9.92. The molecule has 0 saturated heterocycles. The molecule has 26 heavy (non-hydrogen) atoms. The predicted molar refractivity (Wildman–Crippen MR) is 96.9 cm³/mol. The molecule has 0 aliphatic heterocycles. The third-order valence-corrected chi connectivity index (χ3v) is 4.43. The second-order valence-corrected chi connectivity index (χ2v) is 6.18. The van der Waals surface area contributed by atoms with Crippen LogP contribution in [0.3, 0.4) is 0 Å². The number of carbonyl (C=O) groups is 2. The number of fused-ring (bicyclic) bond motifs is 1. The van der Waals surface area contributed by atoms with Crippen LogP contribution < -0.4 is 9.47 Å². The van der Waals surface area contributed by atoms with E-state index in [1.165, 1.54) is 31.1 Å². The van der Waals surface area contributed by atoms with Crippen LogP contribution in [0.5, 0.6) is 11.5 Å². The molecule has 0 atom stereocenters. The van der Waals surface area contributed by atoms with Gasteiger partial charge in [-0.1, -0.05) is 6.07 Å². The van der Waals surface area contributed by atoms with Gasteiger partial charge in [-0.2, -0.15) is 0 Å². The van der Waals surface area contributed by atoms with Crippen molar-refractivity contribution in [3.63, 3.8) is 0 Å². The topological polar surface area (TPSA) is 61.8 Å². The normalized spacial score (nSPS) is 12.8. The van der Waals surface area contributed by atoms with Gasteiger partial charge in [0, 0.05) is 5.56 Å². The molecule has 0 saturated carbocycles. The van der Waals surface area contributed by atoms with E-state index in [0.29, 0.717) is 19.0 Å². The third kappa shape index (κ3) is 4.42. The van der Waals surface area contributed by atoms with Crippen LogP contribution in [0.1, 0.15) is 34.3 Å². The molecule has 0 unspecified atom stereocenters. The van der Waals surface area contributed by atoms with E-state index in [4.69, 9.17) is 9.47 Å². The molecule has 0 heterocycles. The van der Waals surface area contributed by atoms with E-state index in [-0.39, 0.29) is 5.56 Å². The van der Waals surface area contributed by atoms with Gasteiger partial charge in [-0.15, -0.1) is 0 Å². The fourth-order valence-corrected chi connectivity index (χ4v) is 3.03. The molecular formula is C21H22O5. The molecule has 136 valence electrons. The molecule has 2 aromatic rings. The summed E-state index contributed by atoms with van der Waals surface area (Å²) in [6.45, 7) is 0.822. The molecule has 0 aromatic heterocycles. The Morgan fingerprint density at radius 2 is 1.46 bits per heavy atom. The van der Waals surface area contributed by atoms with Gasteiger partial charge in [-0.3, -0.25) is 4.79 Å². The van der Waals surface area contributed by atoms with E-state index in [9.17, 15) is 9.59 Å². The summed E-state index contributed by atoms with van der Waals surface area (Å²) in [5, 5.41) is 0. The lowest BCUT2D eigenvalue weighted by molar-refractivity contribution is -0.135. The number of methoxy groups -OCH3 is 1. The number of rotatable bonds is 7. The van der Waals surface area contributed by atoms with Gasteiger partial charge in [0.15, 0.2) is 0 Å². The van der Waals surface area contributed by atoms with Crippen LogP contribution in [-0.4, -0.2) is 32.1 Å². The SMILES string of the molecule is COC(=O)C(=O)c1ccc(OCCOc2ccc3c(c2)CCCC3)cc1. The Kier molecular flexibility index (Phi) is 5.89. The summed E-state index contributed by atoms with van der Waals surface area (Å²) in [6, 6.07) is 12.7. The van der Waals surface area contributed by atoms with E-state index in [2.05, 4.69) is 16.9 Å². The van der Waals surface area contributed by atoms with Crippen molar-refractivity contribution >= 4 is 11.8 Å². The minimum absolute atomic E-state index is 0.273. The quantitative estimate of drug-likeness (QED) is 0.330. The zero-order valence-corrected chi connectivity index (χ0v) is 14.8. The molecule has 0 amide bonds. The second kappa shape index (κ2) is 8.52. The molecule has 0 spiro atoms.